The van der Waals surface area contributed by atoms with Crippen LogP contribution < -0.4 is 10.5 Å². The second-order valence-electron chi connectivity index (χ2n) is 4.72. The Hall–Kier alpha value is -0.416. The number of carbonyl (C=O) groups is 1. The van der Waals surface area contributed by atoms with Crippen LogP contribution in [0.25, 0.3) is 5.73 Å². The molecule has 0 saturated carbocycles. The smallest absolute Gasteiger partial charge is 0.151 e. The zero-order valence-corrected chi connectivity index (χ0v) is 15.8. The van der Waals surface area contributed by atoms with E-state index in [1.54, 1.807) is 20.1 Å². The molecule has 1 aromatic rings. The predicted molar refractivity (Wildman–Crippen MR) is 79.5 cm³/mol. The minimum absolute atomic E-state index is 0. The van der Waals surface area contributed by atoms with Crippen molar-refractivity contribution in [2.45, 2.75) is 39.8 Å². The summed E-state index contributed by atoms with van der Waals surface area (Å²) >= 11 is 0. The first-order valence-corrected chi connectivity index (χ1v) is 6.23. The SMILES string of the molecule is CC([NH-])C(C)N.COc1cc([C-](C)C)ccc1C=O.[Y]. The van der Waals surface area contributed by atoms with E-state index in [9.17, 15) is 4.79 Å². The van der Waals surface area contributed by atoms with Crippen molar-refractivity contribution in [1.29, 1.82) is 0 Å². The maximum Gasteiger partial charge on any atom is 0.151 e. The Balaban J connectivity index is 0. The first-order valence-electron chi connectivity index (χ1n) is 6.23. The van der Waals surface area contributed by atoms with Gasteiger partial charge in [0, 0.05) is 38.3 Å². The summed E-state index contributed by atoms with van der Waals surface area (Å²) < 4.78 is 5.08. The van der Waals surface area contributed by atoms with Crippen molar-refractivity contribution in [2.75, 3.05) is 7.11 Å². The third-order valence-corrected chi connectivity index (χ3v) is 2.73. The van der Waals surface area contributed by atoms with Gasteiger partial charge in [0.25, 0.3) is 0 Å². The molecule has 2 unspecified atom stereocenters. The van der Waals surface area contributed by atoms with Gasteiger partial charge in [-0.2, -0.15) is 17.5 Å². The average molecular weight is 353 g/mol. The van der Waals surface area contributed by atoms with Crippen molar-refractivity contribution in [2.24, 2.45) is 5.73 Å². The Morgan fingerprint density at radius 3 is 2.15 bits per heavy atom. The number of hydrogen-bond acceptors (Lipinski definition) is 3. The first kappa shape index (κ1) is 21.9. The largest absolute Gasteiger partial charge is 0.674 e. The number of hydrogen-bond donors (Lipinski definition) is 1. The van der Waals surface area contributed by atoms with Crippen LogP contribution in [0.3, 0.4) is 0 Å². The molecule has 1 radical (unpaired) electrons. The fourth-order valence-electron chi connectivity index (χ4n) is 1.12. The van der Waals surface area contributed by atoms with E-state index in [1.807, 2.05) is 32.9 Å². The number of methoxy groups -OCH3 is 1. The number of aldehydes is 1. The van der Waals surface area contributed by atoms with Gasteiger partial charge in [-0.1, -0.05) is 27.7 Å². The molecular weight excluding hydrogens is 329 g/mol. The molecular formula is C15H24N2O2Y-2. The van der Waals surface area contributed by atoms with E-state index in [0.717, 1.165) is 11.8 Å². The predicted octanol–water partition coefficient (Wildman–Crippen LogP) is 3.24. The summed E-state index contributed by atoms with van der Waals surface area (Å²) in [6.45, 7) is 7.66. The Morgan fingerprint density at radius 1 is 1.35 bits per heavy atom. The fourth-order valence-corrected chi connectivity index (χ4v) is 1.12. The quantitative estimate of drug-likeness (QED) is 0.667. The molecule has 0 fully saturated rings. The van der Waals surface area contributed by atoms with E-state index >= 15 is 0 Å². The van der Waals surface area contributed by atoms with Crippen LogP contribution in [0.4, 0.5) is 0 Å². The Morgan fingerprint density at radius 2 is 1.85 bits per heavy atom. The van der Waals surface area contributed by atoms with E-state index in [-0.39, 0.29) is 44.8 Å². The second kappa shape index (κ2) is 11.3. The zero-order chi connectivity index (χ0) is 15.0. The maximum atomic E-state index is 10.6. The molecule has 0 amide bonds. The van der Waals surface area contributed by atoms with Crippen molar-refractivity contribution < 1.29 is 42.2 Å². The summed E-state index contributed by atoms with van der Waals surface area (Å²) in [4.78, 5) is 10.6. The molecule has 0 heterocycles. The fraction of sp³-hybridized carbons (Fsp3) is 0.467. The number of nitrogens with one attached hydrogen (secondary N) is 1. The molecule has 1 rings (SSSR count). The van der Waals surface area contributed by atoms with Crippen LogP contribution in [-0.2, 0) is 32.7 Å². The van der Waals surface area contributed by atoms with E-state index in [2.05, 4.69) is 0 Å². The number of carbonyl (C=O) groups excluding carboxylic acids is 1. The van der Waals surface area contributed by atoms with E-state index < -0.39 is 0 Å². The van der Waals surface area contributed by atoms with Crippen molar-refractivity contribution in [3.8, 4) is 5.75 Å². The molecule has 0 aliphatic rings. The third-order valence-electron chi connectivity index (χ3n) is 2.73. The molecule has 20 heavy (non-hydrogen) atoms. The molecule has 0 saturated heterocycles. The van der Waals surface area contributed by atoms with Crippen molar-refractivity contribution >= 4 is 6.29 Å². The minimum atomic E-state index is -0.120. The molecule has 3 N–H and O–H groups in total. The van der Waals surface area contributed by atoms with Gasteiger partial charge >= 0.3 is 0 Å². The van der Waals surface area contributed by atoms with Crippen LogP contribution in [0, 0.1) is 5.92 Å². The molecule has 0 bridgehead atoms. The number of ether oxygens (including phenoxy) is 1. The standard InChI is InChI=1S/C11H13O2.C4H11N2.Y/c1-8(2)9-4-5-10(7-12)11(6-9)13-3;1-3(5)4(2)6;/h4-7H,1-3H3;3-5H,6H2,1-2H3;/q2*-1;. The number of benzene rings is 1. The minimum Gasteiger partial charge on any atom is -0.674 e. The monoisotopic (exact) mass is 353 g/mol. The number of nitrogens with two attached hydrogens (primary N) is 1. The summed E-state index contributed by atoms with van der Waals surface area (Å²) in [5.41, 5.74) is 13.8. The first-order chi connectivity index (χ1) is 8.83. The van der Waals surface area contributed by atoms with E-state index in [0.29, 0.717) is 11.3 Å². The van der Waals surface area contributed by atoms with Crippen LogP contribution in [0.1, 0.15) is 43.6 Å². The molecule has 111 valence electrons. The number of rotatable bonds is 4. The zero-order valence-electron chi connectivity index (χ0n) is 12.9. The molecule has 1 aromatic carbocycles. The van der Waals surface area contributed by atoms with Crippen LogP contribution in [0.15, 0.2) is 18.2 Å². The van der Waals surface area contributed by atoms with Gasteiger partial charge in [0.05, 0.1) is 12.9 Å². The second-order valence-corrected chi connectivity index (χ2v) is 4.72. The average Bonchev–Trinajstić information content (AvgIpc) is 2.38. The third kappa shape index (κ3) is 8.00. The molecule has 0 aromatic heterocycles. The van der Waals surface area contributed by atoms with Crippen LogP contribution >= 0.6 is 0 Å². The van der Waals surface area contributed by atoms with E-state index in [4.69, 9.17) is 16.2 Å². The van der Waals surface area contributed by atoms with Gasteiger partial charge in [-0.05, 0) is 6.04 Å². The molecule has 0 aliphatic heterocycles. The molecule has 0 aliphatic carbocycles. The Kier molecular flexibility index (Phi) is 12.3. The van der Waals surface area contributed by atoms with Gasteiger partial charge in [0.1, 0.15) is 0 Å². The summed E-state index contributed by atoms with van der Waals surface area (Å²) in [5.74, 6) is 1.84. The normalized spacial score (nSPS) is 12.2. The Bertz CT molecular complexity index is 387. The van der Waals surface area contributed by atoms with Crippen LogP contribution in [0.2, 0.25) is 0 Å². The molecule has 0 spiro atoms. The van der Waals surface area contributed by atoms with Gasteiger partial charge in [-0.25, -0.2) is 0 Å². The summed E-state index contributed by atoms with van der Waals surface area (Å²) in [7, 11) is 1.57. The van der Waals surface area contributed by atoms with Crippen LogP contribution in [0.5, 0.6) is 5.75 Å². The van der Waals surface area contributed by atoms with Gasteiger partial charge in [-0.3, -0.25) is 4.79 Å². The Labute approximate surface area is 147 Å². The molecule has 4 nitrogen and oxygen atoms in total. The van der Waals surface area contributed by atoms with Gasteiger partial charge in [-0.15, -0.1) is 18.2 Å². The van der Waals surface area contributed by atoms with Crippen molar-refractivity contribution in [3.05, 3.63) is 41.0 Å². The summed E-state index contributed by atoms with van der Waals surface area (Å²) in [6, 6.07) is 5.46. The molecule has 2 atom stereocenters. The van der Waals surface area contributed by atoms with Gasteiger partial charge in [0.2, 0.25) is 0 Å². The topological polar surface area (TPSA) is 76.1 Å². The van der Waals surface area contributed by atoms with Crippen LogP contribution in [-0.4, -0.2) is 25.5 Å². The van der Waals surface area contributed by atoms with Crippen molar-refractivity contribution in [3.63, 3.8) is 0 Å². The van der Waals surface area contributed by atoms with Gasteiger partial charge in [0.15, 0.2) is 6.29 Å². The van der Waals surface area contributed by atoms with E-state index in [1.165, 1.54) is 5.92 Å². The summed E-state index contributed by atoms with van der Waals surface area (Å²) in [6.07, 6.45) is 0.799. The maximum absolute atomic E-state index is 10.6. The van der Waals surface area contributed by atoms with Crippen molar-refractivity contribution in [1.82, 2.24) is 0 Å². The van der Waals surface area contributed by atoms with Gasteiger partial charge < -0.3 is 16.2 Å². The molecule has 5 heteroatoms. The summed E-state index contributed by atoms with van der Waals surface area (Å²) in [5, 5.41) is 0.